The number of aromatic nitrogens is 4. The summed E-state index contributed by atoms with van der Waals surface area (Å²) in [7, 11) is 0. The molecule has 0 aliphatic heterocycles. The average molecular weight is 333 g/mol. The molecule has 5 nitrogen and oxygen atoms in total. The van der Waals surface area contributed by atoms with Crippen LogP contribution in [0.4, 0.5) is 11.6 Å². The second kappa shape index (κ2) is 6.67. The minimum atomic E-state index is 0.623. The van der Waals surface area contributed by atoms with Crippen LogP contribution < -0.4 is 5.32 Å². The molecule has 0 bridgehead atoms. The molecule has 128 valence electrons. The molecule has 1 aliphatic carbocycles. The van der Waals surface area contributed by atoms with E-state index in [1.165, 1.54) is 36.9 Å². The maximum atomic E-state index is 4.66. The lowest BCUT2D eigenvalue weighted by molar-refractivity contribution is 0.693. The van der Waals surface area contributed by atoms with Crippen LogP contribution >= 0.6 is 0 Å². The zero-order chi connectivity index (χ0) is 17.2. The molecule has 0 unspecified atom stereocenters. The Bertz CT molecular complexity index is 860. The van der Waals surface area contributed by atoms with E-state index in [1.807, 2.05) is 13.0 Å². The maximum Gasteiger partial charge on any atom is 0.161 e. The van der Waals surface area contributed by atoms with Gasteiger partial charge in [-0.15, -0.1) is 0 Å². The van der Waals surface area contributed by atoms with Gasteiger partial charge in [0.2, 0.25) is 0 Å². The lowest BCUT2D eigenvalue weighted by Gasteiger charge is -2.07. The van der Waals surface area contributed by atoms with E-state index < -0.39 is 0 Å². The van der Waals surface area contributed by atoms with E-state index in [4.69, 9.17) is 0 Å². The minimum Gasteiger partial charge on any atom is -0.323 e. The highest BCUT2D eigenvalue weighted by Crippen LogP contribution is 2.34. The standard InChI is InChI=1S/C20H23N5/c1-13-7-9-16(10-8-13)20-21-14(2)11-18(23-20)22-19-12-17(24-25-19)15-5-3-4-6-15/h7-12,15H,3-6H2,1-2H3,(H2,21,22,23,24,25). The summed E-state index contributed by atoms with van der Waals surface area (Å²) >= 11 is 0. The van der Waals surface area contributed by atoms with Gasteiger partial charge in [-0.25, -0.2) is 9.97 Å². The Morgan fingerprint density at radius 1 is 0.960 bits per heavy atom. The minimum absolute atomic E-state index is 0.623. The highest BCUT2D eigenvalue weighted by molar-refractivity contribution is 5.60. The number of aromatic amines is 1. The van der Waals surface area contributed by atoms with Crippen LogP contribution in [0.5, 0.6) is 0 Å². The number of H-pyrrole nitrogens is 1. The molecule has 5 heteroatoms. The summed E-state index contributed by atoms with van der Waals surface area (Å²) < 4.78 is 0. The van der Waals surface area contributed by atoms with Crippen molar-refractivity contribution in [3.8, 4) is 11.4 Å². The number of hydrogen-bond acceptors (Lipinski definition) is 4. The molecular weight excluding hydrogens is 310 g/mol. The van der Waals surface area contributed by atoms with Gasteiger partial charge < -0.3 is 5.32 Å². The Morgan fingerprint density at radius 3 is 2.48 bits per heavy atom. The van der Waals surface area contributed by atoms with Gasteiger partial charge in [-0.2, -0.15) is 5.10 Å². The first-order valence-corrected chi connectivity index (χ1v) is 8.92. The molecule has 0 atom stereocenters. The fourth-order valence-corrected chi connectivity index (χ4v) is 3.44. The third-order valence-corrected chi connectivity index (χ3v) is 4.81. The molecule has 0 spiro atoms. The molecule has 2 N–H and O–H groups in total. The van der Waals surface area contributed by atoms with Gasteiger partial charge >= 0.3 is 0 Å². The Morgan fingerprint density at radius 2 is 1.72 bits per heavy atom. The van der Waals surface area contributed by atoms with Gasteiger partial charge in [-0.05, 0) is 26.7 Å². The number of nitrogens with zero attached hydrogens (tertiary/aromatic N) is 3. The molecule has 0 radical (unpaired) electrons. The van der Waals surface area contributed by atoms with E-state index in [2.05, 4.69) is 62.7 Å². The van der Waals surface area contributed by atoms with Crippen molar-refractivity contribution in [3.05, 3.63) is 53.3 Å². The van der Waals surface area contributed by atoms with E-state index in [0.29, 0.717) is 5.92 Å². The molecule has 0 saturated heterocycles. The lowest BCUT2D eigenvalue weighted by Crippen LogP contribution is -1.99. The molecule has 25 heavy (non-hydrogen) atoms. The average Bonchev–Trinajstić information content (AvgIpc) is 3.26. The number of nitrogens with one attached hydrogen (secondary N) is 2. The molecule has 1 aromatic carbocycles. The van der Waals surface area contributed by atoms with Gasteiger partial charge in [0.15, 0.2) is 11.6 Å². The van der Waals surface area contributed by atoms with Crippen LogP contribution in [0.15, 0.2) is 36.4 Å². The number of benzene rings is 1. The maximum absolute atomic E-state index is 4.66. The first-order valence-electron chi connectivity index (χ1n) is 8.92. The molecule has 2 aromatic heterocycles. The molecule has 1 aliphatic rings. The van der Waals surface area contributed by atoms with E-state index >= 15 is 0 Å². The van der Waals surface area contributed by atoms with Crippen LogP contribution in [0.1, 0.15) is 48.6 Å². The first kappa shape index (κ1) is 15.8. The van der Waals surface area contributed by atoms with Gasteiger partial charge in [0.25, 0.3) is 0 Å². The molecule has 1 saturated carbocycles. The summed E-state index contributed by atoms with van der Waals surface area (Å²) in [5.41, 5.74) is 4.40. The van der Waals surface area contributed by atoms with Crippen LogP contribution in [0, 0.1) is 13.8 Å². The van der Waals surface area contributed by atoms with Gasteiger partial charge in [0.05, 0.1) is 0 Å². The van der Waals surface area contributed by atoms with E-state index in [0.717, 1.165) is 28.7 Å². The lowest BCUT2D eigenvalue weighted by atomic mass is 10.0. The second-order valence-electron chi connectivity index (χ2n) is 6.90. The quantitative estimate of drug-likeness (QED) is 0.714. The van der Waals surface area contributed by atoms with Crippen molar-refractivity contribution in [2.75, 3.05) is 5.32 Å². The summed E-state index contributed by atoms with van der Waals surface area (Å²) in [5, 5.41) is 10.9. The van der Waals surface area contributed by atoms with Crippen molar-refractivity contribution < 1.29 is 0 Å². The fraction of sp³-hybridized carbons (Fsp3) is 0.350. The Labute approximate surface area is 147 Å². The zero-order valence-corrected chi connectivity index (χ0v) is 14.7. The van der Waals surface area contributed by atoms with Crippen LogP contribution in [-0.4, -0.2) is 20.2 Å². The Kier molecular flexibility index (Phi) is 4.22. The highest BCUT2D eigenvalue weighted by Gasteiger charge is 2.19. The molecule has 3 aromatic rings. The van der Waals surface area contributed by atoms with Crippen molar-refractivity contribution in [3.63, 3.8) is 0 Å². The first-order chi connectivity index (χ1) is 12.2. The second-order valence-corrected chi connectivity index (χ2v) is 6.90. The summed E-state index contributed by atoms with van der Waals surface area (Å²) in [6, 6.07) is 12.3. The SMILES string of the molecule is Cc1ccc(-c2nc(C)cc(Nc3cc(C4CCCC4)[nH]n3)n2)cc1. The van der Waals surface area contributed by atoms with Gasteiger partial charge in [0, 0.05) is 35.0 Å². The van der Waals surface area contributed by atoms with Gasteiger partial charge in [-0.3, -0.25) is 5.10 Å². The highest BCUT2D eigenvalue weighted by atomic mass is 15.2. The summed E-state index contributed by atoms with van der Waals surface area (Å²) in [4.78, 5) is 9.22. The third-order valence-electron chi connectivity index (χ3n) is 4.81. The van der Waals surface area contributed by atoms with Crippen LogP contribution in [0.25, 0.3) is 11.4 Å². The third kappa shape index (κ3) is 3.55. The van der Waals surface area contributed by atoms with Crippen LogP contribution in [0.3, 0.4) is 0 Å². The molecular formula is C20H23N5. The largest absolute Gasteiger partial charge is 0.323 e. The predicted octanol–water partition coefficient (Wildman–Crippen LogP) is 4.88. The smallest absolute Gasteiger partial charge is 0.161 e. The zero-order valence-electron chi connectivity index (χ0n) is 14.7. The van der Waals surface area contributed by atoms with Gasteiger partial charge in [-0.1, -0.05) is 42.7 Å². The van der Waals surface area contributed by atoms with E-state index in [-0.39, 0.29) is 0 Å². The van der Waals surface area contributed by atoms with E-state index in [1.54, 1.807) is 0 Å². The van der Waals surface area contributed by atoms with Crippen molar-refractivity contribution >= 4 is 11.6 Å². The van der Waals surface area contributed by atoms with E-state index in [9.17, 15) is 0 Å². The molecule has 1 fully saturated rings. The number of anilines is 2. The molecule has 2 heterocycles. The number of rotatable bonds is 4. The van der Waals surface area contributed by atoms with Crippen LogP contribution in [0.2, 0.25) is 0 Å². The molecule has 4 rings (SSSR count). The fourth-order valence-electron chi connectivity index (χ4n) is 3.44. The summed E-state index contributed by atoms with van der Waals surface area (Å²) in [5.74, 6) is 2.94. The monoisotopic (exact) mass is 333 g/mol. The summed E-state index contributed by atoms with van der Waals surface area (Å²) in [6.45, 7) is 4.06. The summed E-state index contributed by atoms with van der Waals surface area (Å²) in [6.07, 6.45) is 5.15. The molecule has 0 amide bonds. The van der Waals surface area contributed by atoms with Crippen molar-refractivity contribution in [1.29, 1.82) is 0 Å². The normalized spacial score (nSPS) is 14.8. The van der Waals surface area contributed by atoms with Crippen LogP contribution in [-0.2, 0) is 0 Å². The van der Waals surface area contributed by atoms with Crippen molar-refractivity contribution in [2.24, 2.45) is 0 Å². The predicted molar refractivity (Wildman–Crippen MR) is 100 cm³/mol. The van der Waals surface area contributed by atoms with Gasteiger partial charge in [0.1, 0.15) is 5.82 Å². The Hall–Kier alpha value is -2.69. The Balaban J connectivity index is 1.57. The van der Waals surface area contributed by atoms with Crippen molar-refractivity contribution in [2.45, 2.75) is 45.4 Å². The number of hydrogen-bond donors (Lipinski definition) is 2. The number of aryl methyl sites for hydroxylation is 2. The van der Waals surface area contributed by atoms with Crippen molar-refractivity contribution in [1.82, 2.24) is 20.2 Å². The topological polar surface area (TPSA) is 66.5 Å².